The first-order valence-electron chi connectivity index (χ1n) is 7.03. The topological polar surface area (TPSA) is 122 Å². The number of carbonyl (C=O) groups excluding carboxylic acids is 1. The SMILES string of the molecule is COc1nn(CC(=O)NS(=O)(=O)c2ccccc2OC(F)(F)F)c(=O)n1C. The summed E-state index contributed by atoms with van der Waals surface area (Å²) in [6, 6.07) is 3.75. The highest BCUT2D eigenvalue weighted by Crippen LogP contribution is 2.29. The molecule has 1 aromatic heterocycles. The Morgan fingerprint density at radius 1 is 1.30 bits per heavy atom. The fraction of sp³-hybridized carbons (Fsp3) is 0.308. The second-order valence-electron chi connectivity index (χ2n) is 5.01. The first-order valence-corrected chi connectivity index (χ1v) is 8.51. The van der Waals surface area contributed by atoms with Crippen molar-refractivity contribution in [3.63, 3.8) is 0 Å². The molecule has 2 aromatic rings. The lowest BCUT2D eigenvalue weighted by molar-refractivity contribution is -0.275. The summed E-state index contributed by atoms with van der Waals surface area (Å²) in [4.78, 5) is 22.9. The average molecular weight is 410 g/mol. The zero-order valence-corrected chi connectivity index (χ0v) is 14.7. The molecule has 148 valence electrons. The zero-order valence-electron chi connectivity index (χ0n) is 13.8. The van der Waals surface area contributed by atoms with Crippen LogP contribution in [-0.2, 0) is 28.4 Å². The summed E-state index contributed by atoms with van der Waals surface area (Å²) in [7, 11) is -2.17. The molecular formula is C13H13F3N4O6S. The van der Waals surface area contributed by atoms with E-state index < -0.39 is 45.2 Å². The summed E-state index contributed by atoms with van der Waals surface area (Å²) in [6.45, 7) is -0.808. The fourth-order valence-electron chi connectivity index (χ4n) is 2.00. The first-order chi connectivity index (χ1) is 12.4. The van der Waals surface area contributed by atoms with Crippen LogP contribution in [0.3, 0.4) is 0 Å². The minimum Gasteiger partial charge on any atom is -0.467 e. The monoisotopic (exact) mass is 410 g/mol. The molecule has 27 heavy (non-hydrogen) atoms. The maximum atomic E-state index is 12.4. The van der Waals surface area contributed by atoms with Crippen LogP contribution in [0.5, 0.6) is 11.8 Å². The summed E-state index contributed by atoms with van der Waals surface area (Å²) in [6.07, 6.45) is -5.13. The van der Waals surface area contributed by atoms with Crippen LogP contribution in [0, 0.1) is 0 Å². The summed E-state index contributed by atoms with van der Waals surface area (Å²) >= 11 is 0. The zero-order chi connectivity index (χ0) is 20.4. The number of para-hydroxylation sites is 1. The Bertz CT molecular complexity index is 1010. The van der Waals surface area contributed by atoms with Gasteiger partial charge in [-0.3, -0.25) is 4.79 Å². The van der Waals surface area contributed by atoms with E-state index in [2.05, 4.69) is 9.84 Å². The van der Waals surface area contributed by atoms with E-state index in [0.717, 1.165) is 28.8 Å². The largest absolute Gasteiger partial charge is 0.573 e. The molecule has 0 saturated heterocycles. The Labute approximate surface area is 150 Å². The smallest absolute Gasteiger partial charge is 0.467 e. The number of benzene rings is 1. The Balaban J connectivity index is 2.24. The van der Waals surface area contributed by atoms with Crippen molar-refractivity contribution < 1.29 is 35.9 Å². The van der Waals surface area contributed by atoms with Crippen molar-refractivity contribution in [2.45, 2.75) is 17.8 Å². The van der Waals surface area contributed by atoms with Crippen LogP contribution in [-0.4, -0.2) is 42.1 Å². The maximum absolute atomic E-state index is 12.4. The molecule has 0 spiro atoms. The van der Waals surface area contributed by atoms with E-state index in [9.17, 15) is 31.2 Å². The molecule has 0 fully saturated rings. The molecule has 1 N–H and O–H groups in total. The normalized spacial score (nSPS) is 11.9. The van der Waals surface area contributed by atoms with Gasteiger partial charge < -0.3 is 9.47 Å². The number of aromatic nitrogens is 3. The van der Waals surface area contributed by atoms with Crippen molar-refractivity contribution in [1.29, 1.82) is 0 Å². The number of halogens is 3. The van der Waals surface area contributed by atoms with E-state index in [1.54, 1.807) is 4.72 Å². The molecule has 0 aliphatic rings. The Hall–Kier alpha value is -3.03. The van der Waals surface area contributed by atoms with E-state index in [1.165, 1.54) is 14.2 Å². The highest BCUT2D eigenvalue weighted by Gasteiger charge is 2.34. The Morgan fingerprint density at radius 3 is 2.48 bits per heavy atom. The molecule has 0 atom stereocenters. The minimum atomic E-state index is -5.13. The van der Waals surface area contributed by atoms with Gasteiger partial charge in [0.15, 0.2) is 0 Å². The lowest BCUT2D eigenvalue weighted by Gasteiger charge is -2.13. The van der Waals surface area contributed by atoms with E-state index >= 15 is 0 Å². The van der Waals surface area contributed by atoms with Crippen LogP contribution in [0.2, 0.25) is 0 Å². The summed E-state index contributed by atoms with van der Waals surface area (Å²) in [5.74, 6) is -2.22. The van der Waals surface area contributed by atoms with Gasteiger partial charge in [-0.25, -0.2) is 27.2 Å². The van der Waals surface area contributed by atoms with Gasteiger partial charge in [-0.15, -0.1) is 18.3 Å². The molecule has 2 rings (SSSR count). The molecular weight excluding hydrogens is 397 g/mol. The predicted molar refractivity (Wildman–Crippen MR) is 82.5 cm³/mol. The van der Waals surface area contributed by atoms with Crippen LogP contribution >= 0.6 is 0 Å². The number of amides is 1. The second-order valence-corrected chi connectivity index (χ2v) is 6.66. The molecule has 1 amide bonds. The van der Waals surface area contributed by atoms with Crippen molar-refractivity contribution in [3.8, 4) is 11.8 Å². The van der Waals surface area contributed by atoms with Crippen molar-refractivity contribution >= 4 is 15.9 Å². The quantitative estimate of drug-likeness (QED) is 0.711. The van der Waals surface area contributed by atoms with E-state index in [-0.39, 0.29) is 6.01 Å². The predicted octanol–water partition coefficient (Wildman–Crippen LogP) is -0.00590. The summed E-state index contributed by atoms with van der Waals surface area (Å²) < 4.78 is 73.3. The molecule has 0 bridgehead atoms. The number of alkyl halides is 3. The molecule has 0 aliphatic carbocycles. The lowest BCUT2D eigenvalue weighted by atomic mass is 10.3. The van der Waals surface area contributed by atoms with E-state index in [0.29, 0.717) is 4.68 Å². The number of carbonyl (C=O) groups is 1. The van der Waals surface area contributed by atoms with Gasteiger partial charge in [0.2, 0.25) is 0 Å². The number of hydrogen-bond acceptors (Lipinski definition) is 7. The first kappa shape index (κ1) is 20.3. The van der Waals surface area contributed by atoms with E-state index in [1.807, 2.05) is 0 Å². The van der Waals surface area contributed by atoms with Gasteiger partial charge in [0.1, 0.15) is 17.2 Å². The van der Waals surface area contributed by atoms with Crippen LogP contribution in [0.1, 0.15) is 0 Å². The second kappa shape index (κ2) is 7.30. The highest BCUT2D eigenvalue weighted by molar-refractivity contribution is 7.90. The number of methoxy groups -OCH3 is 1. The summed E-state index contributed by atoms with van der Waals surface area (Å²) in [5.41, 5.74) is -0.764. The molecule has 0 radical (unpaired) electrons. The third-order valence-corrected chi connectivity index (χ3v) is 4.50. The Morgan fingerprint density at radius 2 is 1.93 bits per heavy atom. The van der Waals surface area contributed by atoms with Crippen LogP contribution in [0.4, 0.5) is 13.2 Å². The molecule has 14 heteroatoms. The number of ether oxygens (including phenoxy) is 2. The van der Waals surface area contributed by atoms with Gasteiger partial charge >= 0.3 is 18.1 Å². The van der Waals surface area contributed by atoms with Crippen LogP contribution in [0.25, 0.3) is 0 Å². The number of sulfonamides is 1. The molecule has 0 aliphatic heterocycles. The average Bonchev–Trinajstić information content (AvgIpc) is 2.81. The van der Waals surface area contributed by atoms with Gasteiger partial charge in [0.25, 0.3) is 15.9 Å². The van der Waals surface area contributed by atoms with Gasteiger partial charge in [-0.2, -0.15) is 0 Å². The van der Waals surface area contributed by atoms with E-state index in [4.69, 9.17) is 4.74 Å². The number of hydrogen-bond donors (Lipinski definition) is 1. The van der Waals surface area contributed by atoms with Crippen molar-refractivity contribution in [3.05, 3.63) is 34.7 Å². The van der Waals surface area contributed by atoms with Crippen molar-refractivity contribution in [2.75, 3.05) is 7.11 Å². The van der Waals surface area contributed by atoms with Crippen LogP contribution in [0.15, 0.2) is 34.0 Å². The highest BCUT2D eigenvalue weighted by atomic mass is 32.2. The lowest BCUT2D eigenvalue weighted by Crippen LogP contribution is -2.37. The molecule has 0 unspecified atom stereocenters. The maximum Gasteiger partial charge on any atom is 0.573 e. The molecule has 1 aromatic carbocycles. The Kier molecular flexibility index (Phi) is 5.48. The third-order valence-electron chi connectivity index (χ3n) is 3.09. The van der Waals surface area contributed by atoms with Crippen LogP contribution < -0.4 is 19.9 Å². The van der Waals surface area contributed by atoms with Crippen molar-refractivity contribution in [1.82, 2.24) is 19.1 Å². The van der Waals surface area contributed by atoms with Gasteiger partial charge in [-0.05, 0) is 12.1 Å². The van der Waals surface area contributed by atoms with Gasteiger partial charge in [-0.1, -0.05) is 12.1 Å². The number of rotatable bonds is 6. The van der Waals surface area contributed by atoms with Gasteiger partial charge in [0.05, 0.1) is 7.11 Å². The molecule has 0 saturated carbocycles. The number of nitrogens with zero attached hydrogens (tertiary/aromatic N) is 3. The van der Waals surface area contributed by atoms with Gasteiger partial charge in [0, 0.05) is 7.05 Å². The molecule has 1 heterocycles. The minimum absolute atomic E-state index is 0.125. The third kappa shape index (κ3) is 4.78. The number of nitrogens with one attached hydrogen (secondary N) is 1. The fourth-order valence-corrected chi connectivity index (χ4v) is 3.11. The molecule has 10 nitrogen and oxygen atoms in total. The summed E-state index contributed by atoms with van der Waals surface area (Å²) in [5, 5.41) is 3.65. The van der Waals surface area contributed by atoms with Crippen molar-refractivity contribution in [2.24, 2.45) is 7.05 Å². The standard InChI is InChI=1S/C13H13F3N4O6S/c1-19-11(25-2)17-20(12(19)22)7-10(21)18-27(23,24)9-6-4-3-5-8(9)26-13(14,15)16/h3-6H,7H2,1-2H3,(H,18,21).